The van der Waals surface area contributed by atoms with E-state index in [1.165, 1.54) is 51.2 Å². The van der Waals surface area contributed by atoms with Crippen LogP contribution in [0.4, 0.5) is 0 Å². The van der Waals surface area contributed by atoms with Crippen molar-refractivity contribution in [3.05, 3.63) is 18.0 Å². The first kappa shape index (κ1) is 21.1. The Morgan fingerprint density at radius 3 is 2.46 bits per heavy atom. The highest BCUT2D eigenvalue weighted by Crippen LogP contribution is 2.21. The van der Waals surface area contributed by atoms with E-state index in [4.69, 9.17) is 4.52 Å². The second-order valence-electron chi connectivity index (χ2n) is 7.77. The van der Waals surface area contributed by atoms with Crippen molar-refractivity contribution in [2.45, 2.75) is 50.7 Å². The number of rotatable bonds is 5. The maximum absolute atomic E-state index is 12.6. The van der Waals surface area contributed by atoms with Gasteiger partial charge in [-0.2, -0.15) is 4.31 Å². The highest BCUT2D eigenvalue weighted by molar-refractivity contribution is 7.88. The van der Waals surface area contributed by atoms with Gasteiger partial charge in [-0.15, -0.1) is 0 Å². The van der Waals surface area contributed by atoms with E-state index in [1.54, 1.807) is 17.4 Å². The summed E-state index contributed by atoms with van der Waals surface area (Å²) in [5.74, 6) is 1.48. The zero-order valence-corrected chi connectivity index (χ0v) is 17.7. The van der Waals surface area contributed by atoms with E-state index < -0.39 is 10.0 Å². The number of nitrogens with one attached hydrogen (secondary N) is 1. The van der Waals surface area contributed by atoms with Gasteiger partial charge < -0.3 is 14.7 Å². The second kappa shape index (κ2) is 10.2. The summed E-state index contributed by atoms with van der Waals surface area (Å²) in [5, 5.41) is 7.25. The third kappa shape index (κ3) is 5.94. The molecule has 3 rings (SSSR count). The lowest BCUT2D eigenvalue weighted by molar-refractivity contribution is 0.257. The number of aliphatic imine (C=N–C) groups is 1. The first-order chi connectivity index (χ1) is 13.6. The number of piperazine rings is 1. The molecule has 2 fully saturated rings. The molecule has 0 radical (unpaired) electrons. The lowest BCUT2D eigenvalue weighted by atomic mass is 9.91. The fraction of sp³-hybridized carbons (Fsp3) is 0.789. The highest BCUT2D eigenvalue weighted by Gasteiger charge is 2.29. The molecule has 2 heterocycles. The van der Waals surface area contributed by atoms with Crippen molar-refractivity contribution in [3.8, 4) is 0 Å². The molecule has 0 spiro atoms. The third-order valence-corrected chi connectivity index (χ3v) is 7.55. The van der Waals surface area contributed by atoms with Gasteiger partial charge in [-0.05, 0) is 18.8 Å². The van der Waals surface area contributed by atoms with Crippen LogP contribution in [0.5, 0.6) is 0 Å². The topological polar surface area (TPSA) is 91.0 Å². The van der Waals surface area contributed by atoms with Crippen LogP contribution in [0.1, 0.15) is 50.6 Å². The van der Waals surface area contributed by atoms with Gasteiger partial charge >= 0.3 is 0 Å². The van der Waals surface area contributed by atoms with E-state index in [0.29, 0.717) is 37.8 Å². The maximum atomic E-state index is 12.6. The summed E-state index contributed by atoms with van der Waals surface area (Å²) in [6.07, 6.45) is 10.7. The number of hydrogen-bond donors (Lipinski definition) is 1. The van der Waals surface area contributed by atoms with Crippen LogP contribution in [0, 0.1) is 5.92 Å². The zero-order chi connectivity index (χ0) is 19.8. The van der Waals surface area contributed by atoms with Crippen LogP contribution in [0.25, 0.3) is 0 Å². The maximum Gasteiger partial charge on any atom is 0.220 e. The van der Waals surface area contributed by atoms with E-state index in [1.807, 2.05) is 0 Å². The second-order valence-corrected chi connectivity index (χ2v) is 9.74. The van der Waals surface area contributed by atoms with Crippen LogP contribution >= 0.6 is 0 Å². The summed E-state index contributed by atoms with van der Waals surface area (Å²) in [7, 11) is -1.58. The van der Waals surface area contributed by atoms with Crippen LogP contribution < -0.4 is 5.32 Å². The van der Waals surface area contributed by atoms with Crippen molar-refractivity contribution >= 4 is 16.0 Å². The molecule has 2 aliphatic rings. The molecule has 0 unspecified atom stereocenters. The number of nitrogens with zero attached hydrogens (tertiary/aromatic N) is 4. The van der Waals surface area contributed by atoms with Crippen LogP contribution in [0.2, 0.25) is 0 Å². The van der Waals surface area contributed by atoms with E-state index in [-0.39, 0.29) is 5.75 Å². The molecule has 1 aliphatic heterocycles. The molecule has 9 heteroatoms. The Morgan fingerprint density at radius 1 is 1.18 bits per heavy atom. The van der Waals surface area contributed by atoms with Crippen molar-refractivity contribution in [3.63, 3.8) is 0 Å². The largest absolute Gasteiger partial charge is 0.364 e. The smallest absolute Gasteiger partial charge is 0.220 e. The molecule has 0 aromatic carbocycles. The van der Waals surface area contributed by atoms with Crippen LogP contribution in [0.3, 0.4) is 0 Å². The number of guanidine groups is 1. The van der Waals surface area contributed by atoms with E-state index in [9.17, 15) is 8.42 Å². The fourth-order valence-corrected chi connectivity index (χ4v) is 5.51. The van der Waals surface area contributed by atoms with Gasteiger partial charge in [0.15, 0.2) is 5.96 Å². The summed E-state index contributed by atoms with van der Waals surface area (Å²) in [6.45, 7) is 3.16. The highest BCUT2D eigenvalue weighted by atomic mass is 32.2. The van der Waals surface area contributed by atoms with Crippen LogP contribution in [-0.2, 0) is 15.8 Å². The van der Waals surface area contributed by atoms with Crippen LogP contribution in [0.15, 0.2) is 21.8 Å². The average molecular weight is 412 g/mol. The minimum atomic E-state index is -3.38. The summed E-state index contributed by atoms with van der Waals surface area (Å²) in [6, 6.07) is 1.59. The van der Waals surface area contributed by atoms with Gasteiger partial charge in [-0.25, -0.2) is 8.42 Å². The molecule has 28 heavy (non-hydrogen) atoms. The molecule has 0 atom stereocenters. The summed E-state index contributed by atoms with van der Waals surface area (Å²) >= 11 is 0. The van der Waals surface area contributed by atoms with Gasteiger partial charge in [0.25, 0.3) is 0 Å². The van der Waals surface area contributed by atoms with Gasteiger partial charge in [0.2, 0.25) is 10.0 Å². The van der Waals surface area contributed by atoms with Crippen LogP contribution in [-0.4, -0.2) is 68.5 Å². The molecule has 1 saturated heterocycles. The first-order valence-corrected chi connectivity index (χ1v) is 12.0. The monoisotopic (exact) mass is 411 g/mol. The third-order valence-electron chi connectivity index (χ3n) is 5.74. The Balaban J connectivity index is 1.47. The van der Waals surface area contributed by atoms with Crippen molar-refractivity contribution in [2.24, 2.45) is 10.9 Å². The zero-order valence-electron chi connectivity index (χ0n) is 16.8. The molecule has 158 valence electrons. The van der Waals surface area contributed by atoms with E-state index >= 15 is 0 Å². The summed E-state index contributed by atoms with van der Waals surface area (Å²) in [4.78, 5) is 6.58. The van der Waals surface area contributed by atoms with Gasteiger partial charge in [0.05, 0.1) is 5.69 Å². The Bertz CT molecular complexity index is 704. The minimum Gasteiger partial charge on any atom is -0.364 e. The number of aromatic nitrogens is 1. The Morgan fingerprint density at radius 2 is 1.86 bits per heavy atom. The van der Waals surface area contributed by atoms with Crippen molar-refractivity contribution in [2.75, 3.05) is 39.8 Å². The SMILES string of the molecule is CN=C(NCC1CCCCCCC1)N1CCN(S(=O)(=O)Cc2ccon2)CC1. The molecule has 1 aromatic rings. The summed E-state index contributed by atoms with van der Waals surface area (Å²) in [5.41, 5.74) is 0.444. The molecule has 1 saturated carbocycles. The van der Waals surface area contributed by atoms with Gasteiger partial charge in [-0.3, -0.25) is 4.99 Å². The average Bonchev–Trinajstić information content (AvgIpc) is 3.16. The predicted octanol–water partition coefficient (Wildman–Crippen LogP) is 2.06. The summed E-state index contributed by atoms with van der Waals surface area (Å²) < 4.78 is 31.4. The van der Waals surface area contributed by atoms with Crippen molar-refractivity contribution < 1.29 is 12.9 Å². The lowest BCUT2D eigenvalue weighted by Gasteiger charge is -2.36. The van der Waals surface area contributed by atoms with Gasteiger partial charge in [0.1, 0.15) is 12.0 Å². The molecular weight excluding hydrogens is 378 g/mol. The Labute approximate surface area is 168 Å². The van der Waals surface area contributed by atoms with E-state index in [0.717, 1.165) is 12.5 Å². The lowest BCUT2D eigenvalue weighted by Crippen LogP contribution is -2.54. The molecule has 1 N–H and O–H groups in total. The van der Waals surface area contributed by atoms with Crippen molar-refractivity contribution in [1.29, 1.82) is 0 Å². The number of hydrogen-bond acceptors (Lipinski definition) is 5. The molecule has 1 aliphatic carbocycles. The molecule has 8 nitrogen and oxygen atoms in total. The molecule has 0 bridgehead atoms. The first-order valence-electron chi connectivity index (χ1n) is 10.4. The Hall–Kier alpha value is -1.61. The fourth-order valence-electron chi connectivity index (χ4n) is 4.08. The molecular formula is C19H33N5O3S. The normalized spacial score (nSPS) is 21.3. The quantitative estimate of drug-likeness (QED) is 0.589. The Kier molecular flexibility index (Phi) is 7.73. The minimum absolute atomic E-state index is 0.113. The van der Waals surface area contributed by atoms with Crippen molar-refractivity contribution in [1.82, 2.24) is 19.7 Å². The van der Waals surface area contributed by atoms with Gasteiger partial charge in [0, 0.05) is 45.8 Å². The van der Waals surface area contributed by atoms with Gasteiger partial charge in [-0.1, -0.05) is 37.3 Å². The molecule has 0 amide bonds. The number of sulfonamides is 1. The van der Waals surface area contributed by atoms with E-state index in [2.05, 4.69) is 20.4 Å². The predicted molar refractivity (Wildman–Crippen MR) is 109 cm³/mol. The standard InChI is InChI=1S/C19H33N5O3S/c1-20-19(21-15-17-7-5-3-2-4-6-8-17)23-10-12-24(13-11-23)28(25,26)16-18-9-14-27-22-18/h9,14,17H,2-8,10-13,15-16H2,1H3,(H,20,21). The molecule has 1 aromatic heterocycles.